The highest BCUT2D eigenvalue weighted by molar-refractivity contribution is 6.30. The molecule has 2 heterocycles. The molecule has 1 N–H and O–H groups in total. The molecule has 0 saturated carbocycles. The average Bonchev–Trinajstić information content (AvgIpc) is 3.01. The fourth-order valence-corrected chi connectivity index (χ4v) is 2.41. The van der Waals surface area contributed by atoms with Gasteiger partial charge in [-0.3, -0.25) is 4.79 Å². The van der Waals surface area contributed by atoms with E-state index in [4.69, 9.17) is 11.6 Å². The van der Waals surface area contributed by atoms with Crippen LogP contribution in [0.25, 0.3) is 11.7 Å². The van der Waals surface area contributed by atoms with Crippen LogP contribution in [0.1, 0.15) is 16.8 Å². The molecule has 2 aromatic heterocycles. The second kappa shape index (κ2) is 7.21. The monoisotopic (exact) mass is 379 g/mol. The molecule has 3 aromatic rings. The van der Waals surface area contributed by atoms with Gasteiger partial charge in [-0.1, -0.05) is 23.7 Å². The molecule has 0 fully saturated rings. The lowest BCUT2D eigenvalue weighted by Crippen LogP contribution is -2.20. The fraction of sp³-hybridized carbons (Fsp3) is 0.111. The summed E-state index contributed by atoms with van der Waals surface area (Å²) >= 11 is 5.79. The number of fused-ring (bicyclic) bond motifs is 1. The van der Waals surface area contributed by atoms with E-state index in [2.05, 4.69) is 10.3 Å². The summed E-state index contributed by atoms with van der Waals surface area (Å²) in [6.07, 6.45) is 0.993. The number of nitrogens with one attached hydrogen (secondary N) is 1. The topological polar surface area (TPSA) is 46.4 Å². The summed E-state index contributed by atoms with van der Waals surface area (Å²) < 4.78 is 39.4. The minimum Gasteiger partial charge on any atom is -0.347 e. The number of aromatic nitrogens is 2. The third kappa shape index (κ3) is 4.43. The summed E-state index contributed by atoms with van der Waals surface area (Å²) in [7, 11) is 0. The number of carbonyl (C=O) groups excluding carboxylic acids is 1. The van der Waals surface area contributed by atoms with Gasteiger partial charge in [0.05, 0.1) is 17.8 Å². The Hall–Kier alpha value is -2.80. The van der Waals surface area contributed by atoms with Gasteiger partial charge in [-0.15, -0.1) is 0 Å². The molecule has 1 aromatic carbocycles. The van der Waals surface area contributed by atoms with Crippen molar-refractivity contribution >= 4 is 29.2 Å². The highest BCUT2D eigenvalue weighted by Gasteiger charge is 2.30. The smallest absolute Gasteiger partial charge is 0.347 e. The molecule has 3 rings (SSSR count). The standard InChI is InChI=1S/C18H13ClF3N3O/c19-14-5-1-12(2-6-14)3-8-17(26)23-9-15-11-25-10-13(18(20,21)22)4-7-16(25)24-15/h1-8,10-11H,9H2,(H,23,26)/b8-3+. The molecule has 8 heteroatoms. The summed E-state index contributed by atoms with van der Waals surface area (Å²) in [4.78, 5) is 16.0. The molecular formula is C18H13ClF3N3O. The van der Waals surface area contributed by atoms with Crippen LogP contribution >= 0.6 is 11.6 Å². The molecule has 26 heavy (non-hydrogen) atoms. The average molecular weight is 380 g/mol. The third-order valence-corrected chi connectivity index (χ3v) is 3.82. The zero-order chi connectivity index (χ0) is 18.7. The maximum atomic E-state index is 12.7. The van der Waals surface area contributed by atoms with Gasteiger partial charge in [-0.05, 0) is 35.9 Å². The van der Waals surface area contributed by atoms with Crippen molar-refractivity contribution in [3.05, 3.63) is 76.7 Å². The summed E-state index contributed by atoms with van der Waals surface area (Å²) in [5, 5.41) is 3.24. The van der Waals surface area contributed by atoms with E-state index in [0.717, 1.165) is 17.8 Å². The maximum Gasteiger partial charge on any atom is 0.417 e. The zero-order valence-corrected chi connectivity index (χ0v) is 14.1. The first-order valence-corrected chi connectivity index (χ1v) is 7.95. The number of hydrogen-bond donors (Lipinski definition) is 1. The van der Waals surface area contributed by atoms with E-state index >= 15 is 0 Å². The molecular weight excluding hydrogens is 367 g/mol. The first kappa shape index (κ1) is 18.0. The number of benzene rings is 1. The van der Waals surface area contributed by atoms with Crippen LogP contribution in [0, 0.1) is 0 Å². The van der Waals surface area contributed by atoms with E-state index in [9.17, 15) is 18.0 Å². The Labute approximate surface area is 151 Å². The predicted octanol–water partition coefficient (Wildman–Crippen LogP) is 4.34. The molecule has 0 bridgehead atoms. The first-order chi connectivity index (χ1) is 12.3. The third-order valence-electron chi connectivity index (χ3n) is 3.57. The minimum atomic E-state index is -4.42. The number of hydrogen-bond acceptors (Lipinski definition) is 2. The van der Waals surface area contributed by atoms with Gasteiger partial charge in [0.15, 0.2) is 0 Å². The van der Waals surface area contributed by atoms with Crippen molar-refractivity contribution in [3.8, 4) is 0 Å². The van der Waals surface area contributed by atoms with Crippen LogP contribution in [0.3, 0.4) is 0 Å². The van der Waals surface area contributed by atoms with Crippen LogP contribution in [-0.4, -0.2) is 15.3 Å². The highest BCUT2D eigenvalue weighted by atomic mass is 35.5. The molecule has 0 radical (unpaired) electrons. The Balaban J connectivity index is 1.63. The number of pyridine rings is 1. The van der Waals surface area contributed by atoms with Crippen LogP contribution in [0.2, 0.25) is 5.02 Å². The van der Waals surface area contributed by atoms with E-state index < -0.39 is 11.7 Å². The molecule has 0 spiro atoms. The molecule has 0 unspecified atom stereocenters. The number of nitrogens with zero attached hydrogens (tertiary/aromatic N) is 2. The number of rotatable bonds is 4. The number of halogens is 4. The predicted molar refractivity (Wildman–Crippen MR) is 92.5 cm³/mol. The lowest BCUT2D eigenvalue weighted by atomic mass is 10.2. The van der Waals surface area contributed by atoms with Crippen molar-refractivity contribution in [3.63, 3.8) is 0 Å². The largest absolute Gasteiger partial charge is 0.417 e. The summed E-state index contributed by atoms with van der Waals surface area (Å²) in [5.74, 6) is -0.340. The van der Waals surface area contributed by atoms with Gasteiger partial charge in [0.25, 0.3) is 0 Å². The Morgan fingerprint density at radius 2 is 1.88 bits per heavy atom. The van der Waals surface area contributed by atoms with E-state index in [1.54, 1.807) is 30.3 Å². The molecule has 0 saturated heterocycles. The lowest BCUT2D eigenvalue weighted by Gasteiger charge is -2.05. The second-order valence-corrected chi connectivity index (χ2v) is 5.95. The van der Waals surface area contributed by atoms with Crippen molar-refractivity contribution in [2.75, 3.05) is 0 Å². The van der Waals surface area contributed by atoms with Gasteiger partial charge < -0.3 is 9.72 Å². The van der Waals surface area contributed by atoms with Crippen molar-refractivity contribution in [2.45, 2.75) is 12.7 Å². The lowest BCUT2D eigenvalue weighted by molar-refractivity contribution is -0.137. The van der Waals surface area contributed by atoms with Gasteiger partial charge >= 0.3 is 6.18 Å². The number of carbonyl (C=O) groups is 1. The molecule has 0 atom stereocenters. The van der Waals surface area contributed by atoms with Crippen LogP contribution < -0.4 is 5.32 Å². The Bertz CT molecular complexity index is 962. The van der Waals surface area contributed by atoms with Crippen molar-refractivity contribution in [2.24, 2.45) is 0 Å². The van der Waals surface area contributed by atoms with Crippen LogP contribution in [0.4, 0.5) is 13.2 Å². The minimum absolute atomic E-state index is 0.104. The van der Waals surface area contributed by atoms with Gasteiger partial charge in [0.2, 0.25) is 5.91 Å². The van der Waals surface area contributed by atoms with Crippen molar-refractivity contribution < 1.29 is 18.0 Å². The van der Waals surface area contributed by atoms with Crippen molar-refractivity contribution in [1.29, 1.82) is 0 Å². The second-order valence-electron chi connectivity index (χ2n) is 5.52. The number of imidazole rings is 1. The molecule has 134 valence electrons. The van der Waals surface area contributed by atoms with E-state index in [1.165, 1.54) is 22.7 Å². The Kier molecular flexibility index (Phi) is 4.99. The summed E-state index contributed by atoms with van der Waals surface area (Å²) in [6, 6.07) is 9.23. The maximum absolute atomic E-state index is 12.7. The van der Waals surface area contributed by atoms with Gasteiger partial charge in [-0.2, -0.15) is 13.2 Å². The van der Waals surface area contributed by atoms with Crippen LogP contribution in [0.5, 0.6) is 0 Å². The molecule has 0 aliphatic rings. The normalized spacial score (nSPS) is 12.0. The fourth-order valence-electron chi connectivity index (χ4n) is 2.28. The zero-order valence-electron chi connectivity index (χ0n) is 13.3. The molecule has 1 amide bonds. The van der Waals surface area contributed by atoms with Crippen LogP contribution in [-0.2, 0) is 17.5 Å². The number of amides is 1. The van der Waals surface area contributed by atoms with E-state index in [1.807, 2.05) is 0 Å². The quantitative estimate of drug-likeness (QED) is 0.686. The Morgan fingerprint density at radius 3 is 2.58 bits per heavy atom. The number of alkyl halides is 3. The van der Waals surface area contributed by atoms with Crippen LogP contribution in [0.15, 0.2) is 54.9 Å². The van der Waals surface area contributed by atoms with Gasteiger partial charge in [-0.25, -0.2) is 4.98 Å². The van der Waals surface area contributed by atoms with Gasteiger partial charge in [0.1, 0.15) is 5.65 Å². The van der Waals surface area contributed by atoms with E-state index in [0.29, 0.717) is 16.4 Å². The first-order valence-electron chi connectivity index (χ1n) is 7.57. The van der Waals surface area contributed by atoms with Crippen molar-refractivity contribution in [1.82, 2.24) is 14.7 Å². The Morgan fingerprint density at radius 1 is 1.15 bits per heavy atom. The summed E-state index contributed by atoms with van der Waals surface area (Å²) in [5.41, 5.74) is 0.886. The highest BCUT2D eigenvalue weighted by Crippen LogP contribution is 2.29. The molecule has 0 aliphatic carbocycles. The summed E-state index contributed by atoms with van der Waals surface area (Å²) in [6.45, 7) is 0.104. The van der Waals surface area contributed by atoms with E-state index in [-0.39, 0.29) is 12.5 Å². The molecule has 0 aliphatic heterocycles. The molecule has 4 nitrogen and oxygen atoms in total. The van der Waals surface area contributed by atoms with Gasteiger partial charge in [0, 0.05) is 23.5 Å². The SMILES string of the molecule is O=C(/C=C/c1ccc(Cl)cc1)NCc1cn2cc(C(F)(F)F)ccc2n1.